The predicted molar refractivity (Wildman–Crippen MR) is 120 cm³/mol. The molecule has 170 valence electrons. The van der Waals surface area contributed by atoms with Crippen LogP contribution in [0.5, 0.6) is 5.75 Å². The average molecular weight is 439 g/mol. The van der Waals surface area contributed by atoms with Crippen LogP contribution >= 0.6 is 0 Å². The number of nitrogens with one attached hydrogen (secondary N) is 2. The second kappa shape index (κ2) is 9.59. The molecule has 4 saturated carbocycles. The summed E-state index contributed by atoms with van der Waals surface area (Å²) in [5.74, 6) is 1.49. The molecule has 3 amide bonds. The fourth-order valence-corrected chi connectivity index (χ4v) is 5.88. The van der Waals surface area contributed by atoms with Gasteiger partial charge in [0.1, 0.15) is 12.4 Å². The van der Waals surface area contributed by atoms with Crippen LogP contribution in [-0.2, 0) is 14.3 Å². The van der Waals surface area contributed by atoms with Crippen molar-refractivity contribution in [2.24, 2.45) is 17.8 Å². The van der Waals surface area contributed by atoms with Crippen molar-refractivity contribution in [1.82, 2.24) is 10.6 Å². The van der Waals surface area contributed by atoms with Gasteiger partial charge in [0.25, 0.3) is 5.91 Å². The lowest BCUT2D eigenvalue weighted by Gasteiger charge is -2.56. The van der Waals surface area contributed by atoms with Gasteiger partial charge in [-0.3, -0.25) is 10.1 Å². The molecule has 32 heavy (non-hydrogen) atoms. The van der Waals surface area contributed by atoms with E-state index in [1.165, 1.54) is 25.3 Å². The Morgan fingerprint density at radius 3 is 2.25 bits per heavy atom. The first-order chi connectivity index (χ1) is 15.4. The van der Waals surface area contributed by atoms with E-state index in [0.29, 0.717) is 30.1 Å². The van der Waals surface area contributed by atoms with Gasteiger partial charge in [-0.05, 0) is 80.1 Å². The van der Waals surface area contributed by atoms with E-state index in [1.807, 2.05) is 0 Å². The quantitative estimate of drug-likeness (QED) is 0.367. The van der Waals surface area contributed by atoms with Crippen LogP contribution in [0.3, 0.4) is 0 Å². The lowest BCUT2D eigenvalue weighted by atomic mass is 9.53. The van der Waals surface area contributed by atoms with Crippen LogP contribution in [0.2, 0.25) is 0 Å². The van der Waals surface area contributed by atoms with Gasteiger partial charge in [0, 0.05) is 11.6 Å². The predicted octanol–water partition coefficient (Wildman–Crippen LogP) is 3.60. The zero-order valence-electron chi connectivity index (χ0n) is 18.2. The first-order valence-electron chi connectivity index (χ1n) is 11.2. The van der Waals surface area contributed by atoms with E-state index < -0.39 is 24.5 Å². The van der Waals surface area contributed by atoms with E-state index in [2.05, 4.69) is 17.2 Å². The number of hydrogen-bond acceptors (Lipinski definition) is 5. The highest BCUT2D eigenvalue weighted by Crippen LogP contribution is 2.55. The standard InChI is InChI=1S/C25H30N2O5/c1-2-9-31-21-6-3-17(4-7-21)5-8-23(29)32-16-22(28)26-24(30)27-25-13-18-10-19(14-25)12-20(11-18)15-25/h2-8,18-20H,1,9-16H2,(H2,26,27,28,30)/b8-5+. The van der Waals surface area contributed by atoms with E-state index in [-0.39, 0.29) is 5.54 Å². The molecular formula is C25H30N2O5. The highest BCUT2D eigenvalue weighted by atomic mass is 16.5. The number of rotatable bonds is 8. The summed E-state index contributed by atoms with van der Waals surface area (Å²) in [5, 5.41) is 5.36. The summed E-state index contributed by atoms with van der Waals surface area (Å²) in [5.41, 5.74) is 0.609. The van der Waals surface area contributed by atoms with Gasteiger partial charge in [-0.2, -0.15) is 0 Å². The van der Waals surface area contributed by atoms with Crippen LogP contribution in [0.25, 0.3) is 6.08 Å². The van der Waals surface area contributed by atoms with Crippen molar-refractivity contribution < 1.29 is 23.9 Å². The molecule has 0 heterocycles. The largest absolute Gasteiger partial charge is 0.490 e. The first-order valence-corrected chi connectivity index (χ1v) is 11.2. The normalized spacial score (nSPS) is 27.7. The highest BCUT2D eigenvalue weighted by molar-refractivity contribution is 5.96. The summed E-state index contributed by atoms with van der Waals surface area (Å²) in [4.78, 5) is 36.3. The molecule has 0 spiro atoms. The average Bonchev–Trinajstić information content (AvgIpc) is 2.74. The van der Waals surface area contributed by atoms with E-state index >= 15 is 0 Å². The molecule has 0 aromatic heterocycles. The second-order valence-corrected chi connectivity index (χ2v) is 9.31. The Morgan fingerprint density at radius 1 is 1.03 bits per heavy atom. The van der Waals surface area contributed by atoms with Gasteiger partial charge in [0.05, 0.1) is 0 Å². The molecule has 5 rings (SSSR count). The maximum atomic E-state index is 12.4. The number of carbonyl (C=O) groups is 3. The Bertz CT molecular complexity index is 870. The molecule has 0 saturated heterocycles. The first kappa shape index (κ1) is 22.1. The van der Waals surface area contributed by atoms with Crippen LogP contribution < -0.4 is 15.4 Å². The lowest BCUT2D eigenvalue weighted by molar-refractivity contribution is -0.143. The molecule has 7 nitrogen and oxygen atoms in total. The van der Waals surface area contributed by atoms with Crippen LogP contribution in [0.4, 0.5) is 4.79 Å². The van der Waals surface area contributed by atoms with Crippen molar-refractivity contribution in [3.8, 4) is 5.75 Å². The van der Waals surface area contributed by atoms with Crippen LogP contribution in [0, 0.1) is 17.8 Å². The minimum atomic E-state index is -0.659. The van der Waals surface area contributed by atoms with E-state index in [4.69, 9.17) is 9.47 Å². The Balaban J connectivity index is 1.18. The van der Waals surface area contributed by atoms with Crippen molar-refractivity contribution in [3.05, 3.63) is 48.6 Å². The molecule has 0 unspecified atom stereocenters. The molecule has 4 bridgehead atoms. The third kappa shape index (κ3) is 5.58. The van der Waals surface area contributed by atoms with Crippen molar-refractivity contribution in [2.45, 2.75) is 44.1 Å². The zero-order chi connectivity index (χ0) is 22.6. The molecule has 4 aliphatic carbocycles. The van der Waals surface area contributed by atoms with Crippen molar-refractivity contribution in [1.29, 1.82) is 0 Å². The molecule has 0 radical (unpaired) electrons. The maximum absolute atomic E-state index is 12.4. The maximum Gasteiger partial charge on any atom is 0.331 e. The number of urea groups is 1. The summed E-state index contributed by atoms with van der Waals surface area (Å²) < 4.78 is 10.3. The molecule has 0 aliphatic heterocycles. The number of esters is 1. The van der Waals surface area contributed by atoms with E-state index in [1.54, 1.807) is 36.4 Å². The Hall–Kier alpha value is -3.09. The summed E-state index contributed by atoms with van der Waals surface area (Å²) in [6, 6.07) is 6.66. The molecule has 0 atom stereocenters. The van der Waals surface area contributed by atoms with Crippen LogP contribution in [0.1, 0.15) is 44.1 Å². The summed E-state index contributed by atoms with van der Waals surface area (Å²) in [6.45, 7) is 3.50. The molecule has 7 heteroatoms. The van der Waals surface area contributed by atoms with Gasteiger partial charge in [0.2, 0.25) is 0 Å². The smallest absolute Gasteiger partial charge is 0.331 e. The monoisotopic (exact) mass is 438 g/mol. The van der Waals surface area contributed by atoms with Gasteiger partial charge in [-0.1, -0.05) is 24.8 Å². The summed E-state index contributed by atoms with van der Waals surface area (Å²) in [7, 11) is 0. The number of hydrogen-bond donors (Lipinski definition) is 2. The molecule has 4 aliphatic rings. The molecular weight excluding hydrogens is 408 g/mol. The Labute approximate surface area is 188 Å². The SMILES string of the molecule is C=CCOc1ccc(/C=C/C(=O)OCC(=O)NC(=O)NC23CC4CC(CC(C4)C2)C3)cc1. The van der Waals surface area contributed by atoms with E-state index in [0.717, 1.165) is 24.8 Å². The second-order valence-electron chi connectivity index (χ2n) is 9.31. The fourth-order valence-electron chi connectivity index (χ4n) is 5.88. The zero-order valence-corrected chi connectivity index (χ0v) is 18.2. The lowest BCUT2D eigenvalue weighted by Crippen LogP contribution is -2.62. The molecule has 2 N–H and O–H groups in total. The number of ether oxygens (including phenoxy) is 2. The van der Waals surface area contributed by atoms with Crippen LogP contribution in [0.15, 0.2) is 43.0 Å². The van der Waals surface area contributed by atoms with Gasteiger partial charge in [-0.15, -0.1) is 0 Å². The highest BCUT2D eigenvalue weighted by Gasteiger charge is 2.51. The van der Waals surface area contributed by atoms with Crippen molar-refractivity contribution in [2.75, 3.05) is 13.2 Å². The van der Waals surface area contributed by atoms with Gasteiger partial charge in [0.15, 0.2) is 6.61 Å². The number of imide groups is 1. The topological polar surface area (TPSA) is 93.7 Å². The summed E-state index contributed by atoms with van der Waals surface area (Å²) in [6.07, 6.45) is 11.3. The molecule has 1 aromatic rings. The number of benzene rings is 1. The van der Waals surface area contributed by atoms with Gasteiger partial charge >= 0.3 is 12.0 Å². The third-order valence-corrected chi connectivity index (χ3v) is 6.68. The van der Waals surface area contributed by atoms with E-state index in [9.17, 15) is 14.4 Å². The van der Waals surface area contributed by atoms with Crippen molar-refractivity contribution in [3.63, 3.8) is 0 Å². The summed E-state index contributed by atoms with van der Waals surface area (Å²) >= 11 is 0. The number of carbonyl (C=O) groups excluding carboxylic acids is 3. The van der Waals surface area contributed by atoms with Gasteiger partial charge in [-0.25, -0.2) is 9.59 Å². The fraction of sp³-hybridized carbons (Fsp3) is 0.480. The Morgan fingerprint density at radius 2 is 1.66 bits per heavy atom. The minimum absolute atomic E-state index is 0.176. The third-order valence-electron chi connectivity index (χ3n) is 6.68. The molecule has 1 aromatic carbocycles. The number of amides is 3. The Kier molecular flexibility index (Phi) is 6.63. The van der Waals surface area contributed by atoms with Crippen molar-refractivity contribution >= 4 is 24.0 Å². The van der Waals surface area contributed by atoms with Crippen LogP contribution in [-0.4, -0.2) is 36.7 Å². The molecule has 4 fully saturated rings. The van der Waals surface area contributed by atoms with Gasteiger partial charge < -0.3 is 14.8 Å². The minimum Gasteiger partial charge on any atom is -0.490 e.